The molecular weight excluding hydrogens is 268 g/mol. The molecule has 1 aromatic carbocycles. The summed E-state index contributed by atoms with van der Waals surface area (Å²) in [6.07, 6.45) is 1.28. The fourth-order valence-electron chi connectivity index (χ4n) is 2.47. The molecule has 2 N–H and O–H groups in total. The highest BCUT2D eigenvalue weighted by Gasteiger charge is 2.36. The number of rotatable bonds is 4. The molecule has 1 atom stereocenters. The number of aromatic hydroxyl groups is 1. The Balaban J connectivity index is 2.35. The van der Waals surface area contributed by atoms with Gasteiger partial charge < -0.3 is 10.4 Å². The molecule has 0 bridgehead atoms. The summed E-state index contributed by atoms with van der Waals surface area (Å²) in [4.78, 5) is 18.2. The SMILES string of the molecule is CCCON1C(=O)C(NC(C)(C)C)Cc2c(O)cccc21. The lowest BCUT2D eigenvalue weighted by atomic mass is 9.95. The summed E-state index contributed by atoms with van der Waals surface area (Å²) in [5.74, 6) is 0.0854. The van der Waals surface area contributed by atoms with E-state index >= 15 is 0 Å². The Morgan fingerprint density at radius 3 is 2.76 bits per heavy atom. The molecule has 1 aliphatic rings. The first-order chi connectivity index (χ1) is 9.83. The van der Waals surface area contributed by atoms with Gasteiger partial charge in [0.15, 0.2) is 0 Å². The van der Waals surface area contributed by atoms with Gasteiger partial charge >= 0.3 is 0 Å². The molecule has 0 saturated carbocycles. The molecule has 0 spiro atoms. The van der Waals surface area contributed by atoms with Crippen LogP contribution in [0.15, 0.2) is 18.2 Å². The molecule has 0 radical (unpaired) electrons. The zero-order valence-corrected chi connectivity index (χ0v) is 13.1. The maximum Gasteiger partial charge on any atom is 0.268 e. The predicted molar refractivity (Wildman–Crippen MR) is 82.2 cm³/mol. The number of benzene rings is 1. The van der Waals surface area contributed by atoms with E-state index in [9.17, 15) is 9.90 Å². The molecule has 1 heterocycles. The minimum atomic E-state index is -0.400. The van der Waals surface area contributed by atoms with Gasteiger partial charge in [-0.15, -0.1) is 0 Å². The molecule has 21 heavy (non-hydrogen) atoms. The van der Waals surface area contributed by atoms with Crippen molar-refractivity contribution in [2.45, 2.75) is 52.1 Å². The standard InChI is InChI=1S/C16H24N2O3/c1-5-9-21-18-13-7-6-8-14(19)11(13)10-12(15(18)20)17-16(2,3)4/h6-8,12,17,19H,5,9-10H2,1-4H3. The summed E-state index contributed by atoms with van der Waals surface area (Å²) in [5, 5.41) is 14.7. The van der Waals surface area contributed by atoms with Crippen LogP contribution in [0.3, 0.4) is 0 Å². The molecule has 5 nitrogen and oxygen atoms in total. The van der Waals surface area contributed by atoms with Crippen molar-refractivity contribution in [3.05, 3.63) is 23.8 Å². The molecule has 0 saturated heterocycles. The Morgan fingerprint density at radius 2 is 2.14 bits per heavy atom. The topological polar surface area (TPSA) is 61.8 Å². The number of phenolic OH excluding ortho intramolecular Hbond substituents is 1. The zero-order valence-electron chi connectivity index (χ0n) is 13.1. The van der Waals surface area contributed by atoms with Gasteiger partial charge in [-0.1, -0.05) is 13.0 Å². The first-order valence-electron chi connectivity index (χ1n) is 7.39. The number of hydroxylamine groups is 1. The lowest BCUT2D eigenvalue weighted by Crippen LogP contribution is -2.56. The highest BCUT2D eigenvalue weighted by atomic mass is 16.7. The van der Waals surface area contributed by atoms with Crippen LogP contribution in [-0.2, 0) is 16.1 Å². The predicted octanol–water partition coefficient (Wildman–Crippen LogP) is 2.38. The van der Waals surface area contributed by atoms with Crippen LogP contribution in [0.2, 0.25) is 0 Å². The molecule has 5 heteroatoms. The monoisotopic (exact) mass is 292 g/mol. The highest BCUT2D eigenvalue weighted by Crippen LogP contribution is 2.34. The Kier molecular flexibility index (Phi) is 4.54. The number of amides is 1. The number of carbonyl (C=O) groups is 1. The normalized spacial score (nSPS) is 18.8. The third-order valence-corrected chi connectivity index (χ3v) is 3.28. The van der Waals surface area contributed by atoms with Crippen LogP contribution in [-0.4, -0.2) is 29.2 Å². The van der Waals surface area contributed by atoms with E-state index in [1.54, 1.807) is 18.2 Å². The van der Waals surface area contributed by atoms with Crippen LogP contribution >= 0.6 is 0 Å². The molecule has 0 aromatic heterocycles. The highest BCUT2D eigenvalue weighted by molar-refractivity contribution is 5.99. The van der Waals surface area contributed by atoms with E-state index in [2.05, 4.69) is 5.32 Å². The van der Waals surface area contributed by atoms with Crippen molar-refractivity contribution >= 4 is 11.6 Å². The van der Waals surface area contributed by atoms with Crippen molar-refractivity contribution in [3.63, 3.8) is 0 Å². The summed E-state index contributed by atoms with van der Waals surface area (Å²) in [6, 6.07) is 4.76. The van der Waals surface area contributed by atoms with Gasteiger partial charge in [0.25, 0.3) is 5.91 Å². The van der Waals surface area contributed by atoms with Crippen molar-refractivity contribution in [2.24, 2.45) is 0 Å². The molecular formula is C16H24N2O3. The van der Waals surface area contributed by atoms with E-state index in [1.165, 1.54) is 5.06 Å². The van der Waals surface area contributed by atoms with Gasteiger partial charge in [0.2, 0.25) is 0 Å². The van der Waals surface area contributed by atoms with Gasteiger partial charge in [0.1, 0.15) is 5.75 Å². The second-order valence-corrected chi connectivity index (χ2v) is 6.39. The van der Waals surface area contributed by atoms with Crippen molar-refractivity contribution in [3.8, 4) is 5.75 Å². The van der Waals surface area contributed by atoms with Gasteiger partial charge in [-0.25, -0.2) is 0 Å². The largest absolute Gasteiger partial charge is 0.508 e. The summed E-state index contributed by atoms with van der Waals surface area (Å²) in [6.45, 7) is 8.49. The molecule has 2 rings (SSSR count). The van der Waals surface area contributed by atoms with Crippen molar-refractivity contribution in [1.29, 1.82) is 0 Å². The summed E-state index contributed by atoms with van der Waals surface area (Å²) < 4.78 is 0. The maximum absolute atomic E-state index is 12.6. The Bertz CT molecular complexity index is 523. The van der Waals surface area contributed by atoms with Crippen LogP contribution in [0.1, 0.15) is 39.7 Å². The van der Waals surface area contributed by atoms with Crippen molar-refractivity contribution < 1.29 is 14.7 Å². The molecule has 0 fully saturated rings. The van der Waals surface area contributed by atoms with Crippen LogP contribution < -0.4 is 10.4 Å². The Morgan fingerprint density at radius 1 is 1.43 bits per heavy atom. The molecule has 1 aliphatic heterocycles. The summed E-state index contributed by atoms with van der Waals surface area (Å²) in [7, 11) is 0. The maximum atomic E-state index is 12.6. The minimum absolute atomic E-state index is 0.114. The fourth-order valence-corrected chi connectivity index (χ4v) is 2.47. The van der Waals surface area contributed by atoms with Crippen LogP contribution in [0.4, 0.5) is 5.69 Å². The lowest BCUT2D eigenvalue weighted by Gasteiger charge is -2.36. The average molecular weight is 292 g/mol. The number of hydrogen-bond acceptors (Lipinski definition) is 4. The van der Waals surface area contributed by atoms with E-state index in [0.29, 0.717) is 18.7 Å². The van der Waals surface area contributed by atoms with E-state index in [4.69, 9.17) is 4.84 Å². The summed E-state index contributed by atoms with van der Waals surface area (Å²) in [5.41, 5.74) is 1.19. The lowest BCUT2D eigenvalue weighted by molar-refractivity contribution is -0.129. The molecule has 1 unspecified atom stereocenters. The number of fused-ring (bicyclic) bond motifs is 1. The number of nitrogens with one attached hydrogen (secondary N) is 1. The number of hydrogen-bond donors (Lipinski definition) is 2. The number of anilines is 1. The van der Waals surface area contributed by atoms with E-state index in [0.717, 1.165) is 12.0 Å². The third kappa shape index (κ3) is 3.54. The Labute approximate surface area is 125 Å². The summed E-state index contributed by atoms with van der Waals surface area (Å²) >= 11 is 0. The number of phenols is 1. The fraction of sp³-hybridized carbons (Fsp3) is 0.562. The smallest absolute Gasteiger partial charge is 0.268 e. The number of nitrogens with zero attached hydrogens (tertiary/aromatic N) is 1. The van der Waals surface area contributed by atoms with Gasteiger partial charge in [-0.3, -0.25) is 9.63 Å². The third-order valence-electron chi connectivity index (χ3n) is 3.28. The number of carbonyl (C=O) groups excluding carboxylic acids is 1. The van der Waals surface area contributed by atoms with Crippen LogP contribution in [0, 0.1) is 0 Å². The second-order valence-electron chi connectivity index (χ2n) is 6.39. The van der Waals surface area contributed by atoms with Gasteiger partial charge in [0.05, 0.1) is 18.3 Å². The van der Waals surface area contributed by atoms with Crippen molar-refractivity contribution in [1.82, 2.24) is 5.32 Å². The second kappa shape index (κ2) is 6.03. The molecule has 116 valence electrons. The van der Waals surface area contributed by atoms with E-state index in [-0.39, 0.29) is 17.2 Å². The van der Waals surface area contributed by atoms with Crippen molar-refractivity contribution in [2.75, 3.05) is 11.7 Å². The van der Waals surface area contributed by atoms with E-state index < -0.39 is 6.04 Å². The van der Waals surface area contributed by atoms with Gasteiger partial charge in [0, 0.05) is 17.5 Å². The van der Waals surface area contributed by atoms with Gasteiger partial charge in [-0.2, -0.15) is 5.06 Å². The quantitative estimate of drug-likeness (QED) is 0.894. The molecule has 0 aliphatic carbocycles. The Hall–Kier alpha value is -1.59. The molecule has 1 amide bonds. The van der Waals surface area contributed by atoms with Crippen LogP contribution in [0.5, 0.6) is 5.75 Å². The minimum Gasteiger partial charge on any atom is -0.508 e. The first-order valence-corrected chi connectivity index (χ1v) is 7.39. The van der Waals surface area contributed by atoms with E-state index in [1.807, 2.05) is 27.7 Å². The van der Waals surface area contributed by atoms with Crippen LogP contribution in [0.25, 0.3) is 0 Å². The average Bonchev–Trinajstić information content (AvgIpc) is 2.38. The first kappa shape index (κ1) is 15.8. The molecule has 1 aromatic rings. The van der Waals surface area contributed by atoms with Gasteiger partial charge in [-0.05, 0) is 39.3 Å². The zero-order chi connectivity index (χ0) is 15.6.